The first-order valence-electron chi connectivity index (χ1n) is 18.2. The molecule has 2 aromatic carbocycles. The Balaban J connectivity index is 1.94. The van der Waals surface area contributed by atoms with Gasteiger partial charge in [0.05, 0.1) is 27.7 Å². The third kappa shape index (κ3) is 10.3. The number of esters is 4. The Bertz CT molecular complexity index is 1780. The SMILES string of the molecule is Cc1cccc([C@H](N[C@@H]2O[C@H](COC(=O)C(C)(C)C)[C@H](OC(=O)C(C)(C)C)[C@H](OC(=O)C(C)(C)C)[C@H]2OC(=O)C(C)(C)C)c2c[nH]c3ccccc23)c1. The number of carbonyl (C=O) groups is 4. The molecular formula is C42H58N2O9. The van der Waals surface area contributed by atoms with Gasteiger partial charge in [-0.1, -0.05) is 48.0 Å². The van der Waals surface area contributed by atoms with Gasteiger partial charge in [-0.15, -0.1) is 0 Å². The van der Waals surface area contributed by atoms with Gasteiger partial charge in [0.25, 0.3) is 0 Å². The molecule has 290 valence electrons. The van der Waals surface area contributed by atoms with E-state index in [1.54, 1.807) is 83.1 Å². The van der Waals surface area contributed by atoms with E-state index in [1.807, 2.05) is 61.7 Å². The van der Waals surface area contributed by atoms with Gasteiger partial charge in [0.2, 0.25) is 0 Å². The summed E-state index contributed by atoms with van der Waals surface area (Å²) in [6.45, 7) is 22.1. The van der Waals surface area contributed by atoms with E-state index in [2.05, 4.69) is 10.3 Å². The first kappa shape index (κ1) is 41.5. The quantitative estimate of drug-likeness (QED) is 0.169. The summed E-state index contributed by atoms with van der Waals surface area (Å²) in [5, 5.41) is 4.56. The van der Waals surface area contributed by atoms with E-state index in [0.29, 0.717) is 0 Å². The molecular weight excluding hydrogens is 676 g/mol. The van der Waals surface area contributed by atoms with E-state index in [1.165, 1.54) is 0 Å². The number of carbonyl (C=O) groups excluding carboxylic acids is 4. The molecule has 11 heteroatoms. The summed E-state index contributed by atoms with van der Waals surface area (Å²) in [6.07, 6.45) is -4.42. The number of hydrogen-bond acceptors (Lipinski definition) is 10. The highest BCUT2D eigenvalue weighted by Gasteiger charge is 2.55. The minimum Gasteiger partial charge on any atom is -0.462 e. The normalized spacial score (nSPS) is 21.8. The molecule has 53 heavy (non-hydrogen) atoms. The Morgan fingerprint density at radius 3 is 1.77 bits per heavy atom. The fraction of sp³-hybridized carbons (Fsp3) is 0.571. The summed E-state index contributed by atoms with van der Waals surface area (Å²) in [5.74, 6) is -2.33. The van der Waals surface area contributed by atoms with Crippen LogP contribution in [0.15, 0.2) is 54.7 Å². The Labute approximate surface area is 313 Å². The molecule has 0 saturated carbocycles. The van der Waals surface area contributed by atoms with Crippen LogP contribution in [0.3, 0.4) is 0 Å². The standard InChI is InChI=1S/C42H58N2O9/c1-24-17-16-18-25(21-24)30(27-22-43-28-20-15-14-19-26(27)28)44-34-33(53-38(48)42(11,12)13)32(52-37(47)41(8,9)10)31(51-36(46)40(5,6)7)29(50-34)23-49-35(45)39(2,3)4/h14-22,29-34,43-44H,23H2,1-13H3/t29-,30+,31+,32+,33-,34-/m1/s1. The van der Waals surface area contributed by atoms with Crippen LogP contribution in [-0.2, 0) is 42.9 Å². The Morgan fingerprint density at radius 1 is 0.698 bits per heavy atom. The van der Waals surface area contributed by atoms with Crippen LogP contribution in [0.25, 0.3) is 10.9 Å². The zero-order chi connectivity index (χ0) is 39.7. The second-order valence-electron chi connectivity index (χ2n) is 18.1. The molecule has 3 aromatic rings. The van der Waals surface area contributed by atoms with Crippen LogP contribution in [0.1, 0.15) is 106 Å². The average Bonchev–Trinajstić information content (AvgIpc) is 3.46. The zero-order valence-corrected chi connectivity index (χ0v) is 33.5. The van der Waals surface area contributed by atoms with Gasteiger partial charge >= 0.3 is 23.9 Å². The smallest absolute Gasteiger partial charge is 0.311 e. The lowest BCUT2D eigenvalue weighted by molar-refractivity contribution is -0.265. The second-order valence-corrected chi connectivity index (χ2v) is 18.1. The third-order valence-corrected chi connectivity index (χ3v) is 8.83. The molecule has 11 nitrogen and oxygen atoms in total. The molecule has 2 N–H and O–H groups in total. The highest BCUT2D eigenvalue weighted by atomic mass is 16.7. The summed E-state index contributed by atoms with van der Waals surface area (Å²) in [4.78, 5) is 57.6. The zero-order valence-electron chi connectivity index (χ0n) is 33.5. The van der Waals surface area contributed by atoms with Gasteiger partial charge in [0.1, 0.15) is 12.7 Å². The van der Waals surface area contributed by atoms with Crippen molar-refractivity contribution in [1.29, 1.82) is 0 Å². The topological polar surface area (TPSA) is 142 Å². The minimum absolute atomic E-state index is 0.345. The van der Waals surface area contributed by atoms with E-state index in [4.69, 9.17) is 23.7 Å². The lowest BCUT2D eigenvalue weighted by Gasteiger charge is -2.47. The van der Waals surface area contributed by atoms with Gasteiger partial charge < -0.3 is 28.7 Å². The van der Waals surface area contributed by atoms with Gasteiger partial charge in [-0.2, -0.15) is 0 Å². The van der Waals surface area contributed by atoms with Crippen molar-refractivity contribution in [3.8, 4) is 0 Å². The van der Waals surface area contributed by atoms with Crippen molar-refractivity contribution in [2.45, 2.75) is 127 Å². The molecule has 0 unspecified atom stereocenters. The third-order valence-electron chi connectivity index (χ3n) is 8.83. The van der Waals surface area contributed by atoms with Gasteiger partial charge in [0, 0.05) is 17.1 Å². The van der Waals surface area contributed by atoms with Crippen molar-refractivity contribution in [3.63, 3.8) is 0 Å². The van der Waals surface area contributed by atoms with Crippen LogP contribution < -0.4 is 5.32 Å². The van der Waals surface area contributed by atoms with Crippen molar-refractivity contribution in [1.82, 2.24) is 10.3 Å². The van der Waals surface area contributed by atoms with Gasteiger partial charge in [-0.3, -0.25) is 24.5 Å². The number of ether oxygens (including phenoxy) is 5. The first-order chi connectivity index (χ1) is 24.4. The van der Waals surface area contributed by atoms with Crippen LogP contribution >= 0.6 is 0 Å². The number of hydrogen-bond donors (Lipinski definition) is 2. The highest BCUT2D eigenvalue weighted by molar-refractivity contribution is 5.84. The van der Waals surface area contributed by atoms with Gasteiger partial charge in [0.15, 0.2) is 24.5 Å². The molecule has 1 aliphatic rings. The molecule has 0 radical (unpaired) electrons. The van der Waals surface area contributed by atoms with Crippen LogP contribution in [-0.4, -0.2) is 66.1 Å². The fourth-order valence-electron chi connectivity index (χ4n) is 5.58. The molecule has 0 bridgehead atoms. The highest BCUT2D eigenvalue weighted by Crippen LogP contribution is 2.37. The molecule has 0 amide bonds. The molecule has 1 aromatic heterocycles. The van der Waals surface area contributed by atoms with Crippen molar-refractivity contribution in [2.24, 2.45) is 21.7 Å². The molecule has 6 atom stereocenters. The first-order valence-corrected chi connectivity index (χ1v) is 18.2. The summed E-state index contributed by atoms with van der Waals surface area (Å²) < 4.78 is 31.2. The van der Waals surface area contributed by atoms with Crippen molar-refractivity contribution in [2.75, 3.05) is 6.61 Å². The number of H-pyrrole nitrogens is 1. The lowest BCUT2D eigenvalue weighted by Crippen LogP contribution is -2.67. The number of aromatic amines is 1. The van der Waals surface area contributed by atoms with Gasteiger partial charge in [-0.25, -0.2) is 0 Å². The van der Waals surface area contributed by atoms with E-state index in [9.17, 15) is 19.2 Å². The second kappa shape index (κ2) is 15.6. The predicted molar refractivity (Wildman–Crippen MR) is 202 cm³/mol. The monoisotopic (exact) mass is 734 g/mol. The van der Waals surface area contributed by atoms with E-state index < -0.39 is 82.2 Å². The number of fused-ring (bicyclic) bond motifs is 1. The van der Waals surface area contributed by atoms with Crippen LogP contribution in [0.5, 0.6) is 0 Å². The molecule has 1 aliphatic heterocycles. The average molecular weight is 735 g/mol. The summed E-state index contributed by atoms with van der Waals surface area (Å²) in [6, 6.07) is 15.3. The Morgan fingerprint density at radius 2 is 1.23 bits per heavy atom. The predicted octanol–water partition coefficient (Wildman–Crippen LogP) is 7.34. The lowest BCUT2D eigenvalue weighted by atomic mass is 9.91. The maximum Gasteiger partial charge on any atom is 0.311 e. The number of nitrogens with one attached hydrogen (secondary N) is 2. The summed E-state index contributed by atoms with van der Waals surface area (Å²) >= 11 is 0. The number of aromatic nitrogens is 1. The van der Waals surface area contributed by atoms with E-state index in [0.717, 1.165) is 27.6 Å². The molecule has 0 aliphatic carbocycles. The molecule has 1 saturated heterocycles. The summed E-state index contributed by atoms with van der Waals surface area (Å²) in [7, 11) is 0. The largest absolute Gasteiger partial charge is 0.462 e. The van der Waals surface area contributed by atoms with Crippen molar-refractivity contribution >= 4 is 34.8 Å². The Kier molecular flexibility index (Phi) is 12.3. The number of para-hydroxylation sites is 1. The number of benzene rings is 2. The van der Waals surface area contributed by atoms with E-state index in [-0.39, 0.29) is 6.61 Å². The van der Waals surface area contributed by atoms with Crippen LogP contribution in [0, 0.1) is 28.6 Å². The van der Waals surface area contributed by atoms with Crippen LogP contribution in [0.4, 0.5) is 0 Å². The van der Waals surface area contributed by atoms with Crippen molar-refractivity contribution < 1.29 is 42.9 Å². The molecule has 1 fully saturated rings. The molecule has 2 heterocycles. The molecule has 4 rings (SSSR count). The summed E-state index contributed by atoms with van der Waals surface area (Å²) in [5.41, 5.74) is -0.0573. The van der Waals surface area contributed by atoms with Gasteiger partial charge in [-0.05, 0) is 107 Å². The number of rotatable bonds is 9. The fourth-order valence-corrected chi connectivity index (χ4v) is 5.58. The molecule has 0 spiro atoms. The van der Waals surface area contributed by atoms with Crippen molar-refractivity contribution in [3.05, 3.63) is 71.4 Å². The van der Waals surface area contributed by atoms with Crippen LogP contribution in [0.2, 0.25) is 0 Å². The maximum atomic E-state index is 13.8. The minimum atomic E-state index is -1.37. The number of aryl methyl sites for hydroxylation is 1. The Hall–Kier alpha value is -4.22. The maximum absolute atomic E-state index is 13.8. The van der Waals surface area contributed by atoms with E-state index >= 15 is 0 Å².